The summed E-state index contributed by atoms with van der Waals surface area (Å²) in [5.41, 5.74) is 1.43. The fourth-order valence-electron chi connectivity index (χ4n) is 3.95. The molecule has 0 bridgehead atoms. The van der Waals surface area contributed by atoms with E-state index >= 15 is 0 Å². The molecule has 1 saturated heterocycles. The molecular weight excluding hydrogens is 347 g/mol. The zero-order valence-corrected chi connectivity index (χ0v) is 15.7. The highest BCUT2D eigenvalue weighted by Gasteiger charge is 2.38. The second kappa shape index (κ2) is 6.96. The third kappa shape index (κ3) is 3.69. The summed E-state index contributed by atoms with van der Waals surface area (Å²) >= 11 is 0. The SMILES string of the molecule is Cn1cc(C2(C)CN(C(=O)NC3CC(c4cccc(F)c4)C3)CCO2)cn1. The highest BCUT2D eigenvalue weighted by Crippen LogP contribution is 2.37. The zero-order valence-electron chi connectivity index (χ0n) is 15.7. The van der Waals surface area contributed by atoms with Crippen molar-refractivity contribution in [1.82, 2.24) is 20.0 Å². The van der Waals surface area contributed by atoms with Gasteiger partial charge in [-0.3, -0.25) is 4.68 Å². The van der Waals surface area contributed by atoms with E-state index in [2.05, 4.69) is 10.4 Å². The largest absolute Gasteiger partial charge is 0.367 e. The first kappa shape index (κ1) is 18.0. The van der Waals surface area contributed by atoms with Gasteiger partial charge in [-0.05, 0) is 43.4 Å². The second-order valence-corrected chi connectivity index (χ2v) is 7.77. The molecule has 1 aliphatic carbocycles. The van der Waals surface area contributed by atoms with Crippen LogP contribution in [0.25, 0.3) is 0 Å². The number of carbonyl (C=O) groups is 1. The topological polar surface area (TPSA) is 59.4 Å². The van der Waals surface area contributed by atoms with Crippen molar-refractivity contribution in [2.75, 3.05) is 19.7 Å². The van der Waals surface area contributed by atoms with Crippen LogP contribution in [0.2, 0.25) is 0 Å². The molecule has 1 unspecified atom stereocenters. The van der Waals surface area contributed by atoms with Gasteiger partial charge in [0, 0.05) is 31.4 Å². The van der Waals surface area contributed by atoms with Gasteiger partial charge in [0.1, 0.15) is 11.4 Å². The van der Waals surface area contributed by atoms with Gasteiger partial charge in [0.2, 0.25) is 0 Å². The number of rotatable bonds is 3. The monoisotopic (exact) mass is 372 g/mol. The predicted molar refractivity (Wildman–Crippen MR) is 98.8 cm³/mol. The summed E-state index contributed by atoms with van der Waals surface area (Å²) in [6.07, 6.45) is 5.41. The van der Waals surface area contributed by atoms with Gasteiger partial charge in [-0.2, -0.15) is 5.10 Å². The lowest BCUT2D eigenvalue weighted by atomic mass is 9.76. The van der Waals surface area contributed by atoms with Crippen molar-refractivity contribution in [3.05, 3.63) is 53.6 Å². The van der Waals surface area contributed by atoms with Gasteiger partial charge in [-0.25, -0.2) is 9.18 Å². The molecule has 2 amide bonds. The van der Waals surface area contributed by atoms with Crippen molar-refractivity contribution in [1.29, 1.82) is 0 Å². The van der Waals surface area contributed by atoms with Crippen LogP contribution in [-0.4, -0.2) is 46.4 Å². The minimum absolute atomic E-state index is 0.0592. The quantitative estimate of drug-likeness (QED) is 0.901. The molecule has 1 aromatic carbocycles. The van der Waals surface area contributed by atoms with Crippen LogP contribution in [0.1, 0.15) is 36.8 Å². The minimum atomic E-state index is -0.548. The second-order valence-electron chi connectivity index (χ2n) is 7.77. The molecule has 1 aromatic heterocycles. The molecule has 1 atom stereocenters. The van der Waals surface area contributed by atoms with Crippen molar-refractivity contribution >= 4 is 6.03 Å². The Morgan fingerprint density at radius 2 is 2.22 bits per heavy atom. The zero-order chi connectivity index (χ0) is 19.0. The molecule has 2 heterocycles. The molecule has 1 N–H and O–H groups in total. The predicted octanol–water partition coefficient (Wildman–Crippen LogP) is 2.76. The summed E-state index contributed by atoms with van der Waals surface area (Å²) in [5.74, 6) is 0.110. The Bertz CT molecular complexity index is 833. The van der Waals surface area contributed by atoms with Crippen LogP contribution in [0.4, 0.5) is 9.18 Å². The Labute approximate surface area is 158 Å². The lowest BCUT2D eigenvalue weighted by molar-refractivity contribution is -0.0910. The Balaban J connectivity index is 1.32. The molecule has 27 heavy (non-hydrogen) atoms. The van der Waals surface area contributed by atoms with Crippen LogP contribution in [0.5, 0.6) is 0 Å². The number of hydrogen-bond acceptors (Lipinski definition) is 3. The van der Waals surface area contributed by atoms with Crippen LogP contribution < -0.4 is 5.32 Å². The van der Waals surface area contributed by atoms with Gasteiger partial charge < -0.3 is 15.0 Å². The van der Waals surface area contributed by atoms with Crippen molar-refractivity contribution in [2.45, 2.75) is 37.3 Å². The van der Waals surface area contributed by atoms with E-state index in [4.69, 9.17) is 4.74 Å². The van der Waals surface area contributed by atoms with Gasteiger partial charge in [0.05, 0.1) is 19.3 Å². The summed E-state index contributed by atoms with van der Waals surface area (Å²) in [6, 6.07) is 6.81. The van der Waals surface area contributed by atoms with E-state index in [-0.39, 0.29) is 17.9 Å². The third-order valence-electron chi connectivity index (χ3n) is 5.66. The number of urea groups is 1. The maximum absolute atomic E-state index is 13.4. The molecule has 6 nitrogen and oxygen atoms in total. The van der Waals surface area contributed by atoms with E-state index in [9.17, 15) is 9.18 Å². The van der Waals surface area contributed by atoms with E-state index in [1.54, 1.807) is 23.0 Å². The lowest BCUT2D eigenvalue weighted by Crippen LogP contribution is -2.56. The molecule has 2 aliphatic rings. The van der Waals surface area contributed by atoms with E-state index in [1.165, 1.54) is 6.07 Å². The van der Waals surface area contributed by atoms with Gasteiger partial charge in [-0.1, -0.05) is 12.1 Å². The van der Waals surface area contributed by atoms with Crippen LogP contribution in [0, 0.1) is 5.82 Å². The Hall–Kier alpha value is -2.41. The molecule has 144 valence electrons. The summed E-state index contributed by atoms with van der Waals surface area (Å²) in [5, 5.41) is 7.32. The Morgan fingerprint density at radius 3 is 2.93 bits per heavy atom. The van der Waals surface area contributed by atoms with Crippen molar-refractivity contribution in [3.8, 4) is 0 Å². The molecule has 2 aromatic rings. The maximum Gasteiger partial charge on any atom is 0.317 e. The number of halogens is 1. The third-order valence-corrected chi connectivity index (χ3v) is 5.66. The molecule has 0 radical (unpaired) electrons. The van der Waals surface area contributed by atoms with Crippen LogP contribution in [0.15, 0.2) is 36.7 Å². The van der Waals surface area contributed by atoms with Gasteiger partial charge in [0.15, 0.2) is 0 Å². The highest BCUT2D eigenvalue weighted by atomic mass is 19.1. The molecule has 1 saturated carbocycles. The Morgan fingerprint density at radius 1 is 1.41 bits per heavy atom. The van der Waals surface area contributed by atoms with Gasteiger partial charge in [0.25, 0.3) is 0 Å². The number of nitrogens with one attached hydrogen (secondary N) is 1. The maximum atomic E-state index is 13.4. The number of hydrogen-bond donors (Lipinski definition) is 1. The molecule has 1 aliphatic heterocycles. The molecule has 2 fully saturated rings. The number of carbonyl (C=O) groups excluding carboxylic acids is 1. The van der Waals surface area contributed by atoms with Crippen LogP contribution >= 0.6 is 0 Å². The molecular formula is C20H25FN4O2. The number of benzene rings is 1. The Kier molecular flexibility index (Phi) is 4.63. The summed E-state index contributed by atoms with van der Waals surface area (Å²) in [7, 11) is 1.87. The number of ether oxygens (including phenoxy) is 1. The number of nitrogens with zero attached hydrogens (tertiary/aromatic N) is 3. The number of aromatic nitrogens is 2. The van der Waals surface area contributed by atoms with E-state index < -0.39 is 5.60 Å². The fraction of sp³-hybridized carbons (Fsp3) is 0.500. The number of aryl methyl sites for hydroxylation is 1. The number of amides is 2. The lowest BCUT2D eigenvalue weighted by Gasteiger charge is -2.42. The summed E-state index contributed by atoms with van der Waals surface area (Å²) < 4.78 is 21.1. The van der Waals surface area contributed by atoms with E-state index in [0.29, 0.717) is 25.6 Å². The van der Waals surface area contributed by atoms with Crippen LogP contribution in [-0.2, 0) is 17.4 Å². The normalized spacial score (nSPS) is 27.9. The molecule has 7 heteroatoms. The van der Waals surface area contributed by atoms with Crippen molar-refractivity contribution < 1.29 is 13.9 Å². The van der Waals surface area contributed by atoms with Crippen LogP contribution in [0.3, 0.4) is 0 Å². The first-order chi connectivity index (χ1) is 12.9. The standard InChI is InChI=1S/C20H25FN4O2/c1-20(16-11-22-24(2)12-16)13-25(6-7-27-20)19(26)23-18-9-15(10-18)14-4-3-5-17(21)8-14/h3-5,8,11-12,15,18H,6-7,9-10,13H2,1-2H3,(H,23,26). The van der Waals surface area contributed by atoms with Gasteiger partial charge >= 0.3 is 6.03 Å². The van der Waals surface area contributed by atoms with Crippen molar-refractivity contribution in [2.24, 2.45) is 7.05 Å². The summed E-state index contributed by atoms with van der Waals surface area (Å²) in [4.78, 5) is 14.5. The van der Waals surface area contributed by atoms with Gasteiger partial charge in [-0.15, -0.1) is 0 Å². The average Bonchev–Trinajstić information content (AvgIpc) is 3.05. The van der Waals surface area contributed by atoms with Crippen molar-refractivity contribution in [3.63, 3.8) is 0 Å². The number of morpholine rings is 1. The summed E-state index contributed by atoms with van der Waals surface area (Å²) in [6.45, 7) is 3.55. The first-order valence-electron chi connectivity index (χ1n) is 9.37. The molecule has 4 rings (SSSR count). The smallest absolute Gasteiger partial charge is 0.317 e. The fourth-order valence-corrected chi connectivity index (χ4v) is 3.95. The first-order valence-corrected chi connectivity index (χ1v) is 9.37. The highest BCUT2D eigenvalue weighted by molar-refractivity contribution is 5.75. The minimum Gasteiger partial charge on any atom is -0.367 e. The van der Waals surface area contributed by atoms with E-state index in [0.717, 1.165) is 24.0 Å². The molecule has 0 spiro atoms. The van der Waals surface area contributed by atoms with E-state index in [1.807, 2.05) is 31.1 Å². The average molecular weight is 372 g/mol.